The Morgan fingerprint density at radius 3 is 2.48 bits per heavy atom. The molecule has 0 atom stereocenters. The Labute approximate surface area is 163 Å². The molecule has 0 bridgehead atoms. The largest absolute Gasteiger partial charge is 0.334 e. The van der Waals surface area contributed by atoms with Crippen LogP contribution in [0.15, 0.2) is 78.2 Å². The van der Waals surface area contributed by atoms with Gasteiger partial charge in [0, 0.05) is 17.5 Å². The minimum atomic E-state index is -0.0105. The number of carbonyl (C=O) groups is 1. The van der Waals surface area contributed by atoms with Crippen molar-refractivity contribution in [2.45, 2.75) is 13.0 Å². The van der Waals surface area contributed by atoms with Crippen LogP contribution in [-0.4, -0.2) is 17.4 Å². The second-order valence-electron chi connectivity index (χ2n) is 6.14. The van der Waals surface area contributed by atoms with Crippen molar-refractivity contribution >= 4 is 23.3 Å². The number of benzene rings is 2. The second kappa shape index (κ2) is 9.51. The van der Waals surface area contributed by atoms with Gasteiger partial charge in [-0.05, 0) is 47.2 Å². The van der Waals surface area contributed by atoms with Gasteiger partial charge >= 0.3 is 0 Å². The maximum atomic E-state index is 12.8. The summed E-state index contributed by atoms with van der Waals surface area (Å²) in [4.78, 5) is 15.8. The van der Waals surface area contributed by atoms with Crippen molar-refractivity contribution < 1.29 is 4.79 Å². The Morgan fingerprint density at radius 1 is 1.04 bits per heavy atom. The predicted molar refractivity (Wildman–Crippen MR) is 110 cm³/mol. The minimum Gasteiger partial charge on any atom is -0.334 e. The van der Waals surface area contributed by atoms with E-state index in [0.717, 1.165) is 12.0 Å². The van der Waals surface area contributed by atoms with Crippen LogP contribution in [0.4, 0.5) is 0 Å². The summed E-state index contributed by atoms with van der Waals surface area (Å²) in [5, 5.41) is 10.9. The first kappa shape index (κ1) is 18.6. The summed E-state index contributed by atoms with van der Waals surface area (Å²) < 4.78 is 0. The third kappa shape index (κ3) is 5.67. The van der Waals surface area contributed by atoms with Gasteiger partial charge in [0.2, 0.25) is 5.91 Å². The predicted octanol–water partition coefficient (Wildman–Crippen LogP) is 4.90. The molecular formula is C23H20N2OS. The average molecular weight is 372 g/mol. The van der Waals surface area contributed by atoms with Crippen LogP contribution in [0.5, 0.6) is 0 Å². The Hall–Kier alpha value is -3.16. The lowest BCUT2D eigenvalue weighted by molar-refractivity contribution is -0.126. The first-order valence-corrected chi connectivity index (χ1v) is 9.66. The maximum absolute atomic E-state index is 12.8. The molecule has 2 aromatic carbocycles. The molecule has 0 aliphatic rings. The fourth-order valence-corrected chi connectivity index (χ4v) is 3.43. The summed E-state index contributed by atoms with van der Waals surface area (Å²) in [7, 11) is 0. The molecule has 0 aliphatic heterocycles. The molecule has 0 spiro atoms. The fourth-order valence-electron chi connectivity index (χ4n) is 2.71. The van der Waals surface area contributed by atoms with Crippen LogP contribution in [0.2, 0.25) is 0 Å². The van der Waals surface area contributed by atoms with Crippen molar-refractivity contribution in [3.8, 4) is 6.07 Å². The van der Waals surface area contributed by atoms with Gasteiger partial charge in [0.05, 0.1) is 18.2 Å². The molecule has 0 aliphatic carbocycles. The van der Waals surface area contributed by atoms with Gasteiger partial charge in [-0.15, -0.1) is 11.3 Å². The van der Waals surface area contributed by atoms with Crippen LogP contribution in [-0.2, 0) is 17.8 Å². The zero-order valence-corrected chi connectivity index (χ0v) is 15.7. The molecule has 1 heterocycles. The number of hydrogen-bond acceptors (Lipinski definition) is 3. The van der Waals surface area contributed by atoms with E-state index in [2.05, 4.69) is 24.3 Å². The summed E-state index contributed by atoms with van der Waals surface area (Å²) in [6, 6.07) is 23.6. The number of carbonyl (C=O) groups excluding carboxylic acids is 1. The molecule has 3 rings (SSSR count). The van der Waals surface area contributed by atoms with Crippen molar-refractivity contribution in [2.24, 2.45) is 0 Å². The highest BCUT2D eigenvalue weighted by molar-refractivity contribution is 7.09. The molecule has 0 unspecified atom stereocenters. The van der Waals surface area contributed by atoms with E-state index in [1.165, 1.54) is 10.4 Å². The van der Waals surface area contributed by atoms with E-state index in [1.807, 2.05) is 46.7 Å². The van der Waals surface area contributed by atoms with Crippen molar-refractivity contribution in [2.75, 3.05) is 6.54 Å². The molecule has 27 heavy (non-hydrogen) atoms. The van der Waals surface area contributed by atoms with Gasteiger partial charge in [0.25, 0.3) is 0 Å². The van der Waals surface area contributed by atoms with Gasteiger partial charge in [-0.2, -0.15) is 5.26 Å². The van der Waals surface area contributed by atoms with Gasteiger partial charge in [0.1, 0.15) is 0 Å². The lowest BCUT2D eigenvalue weighted by Gasteiger charge is -2.20. The molecule has 0 fully saturated rings. The molecule has 1 aromatic heterocycles. The van der Waals surface area contributed by atoms with E-state index >= 15 is 0 Å². The van der Waals surface area contributed by atoms with Gasteiger partial charge in [-0.1, -0.05) is 48.5 Å². The number of rotatable bonds is 7. The number of amides is 1. The highest BCUT2D eigenvalue weighted by atomic mass is 32.1. The molecule has 1 amide bonds. The van der Waals surface area contributed by atoms with Crippen LogP contribution in [0.25, 0.3) is 6.08 Å². The zero-order chi connectivity index (χ0) is 18.9. The molecule has 0 saturated heterocycles. The first-order valence-electron chi connectivity index (χ1n) is 8.78. The molecule has 3 aromatic rings. The quantitative estimate of drug-likeness (QED) is 0.554. The summed E-state index contributed by atoms with van der Waals surface area (Å²) in [5.41, 5.74) is 2.74. The Bertz CT molecular complexity index is 923. The Morgan fingerprint density at radius 2 is 1.81 bits per heavy atom. The third-order valence-electron chi connectivity index (χ3n) is 4.21. The Balaban J connectivity index is 1.69. The monoisotopic (exact) mass is 372 g/mol. The standard InChI is InChI=1S/C23H20N2OS/c24-17-21-10-8-20(9-11-21)12-13-23(26)25(18-22-7-4-16-27-22)15-14-19-5-2-1-3-6-19/h1-13,16H,14-15,18H2/b13-12+. The first-order chi connectivity index (χ1) is 13.2. The van der Waals surface area contributed by atoms with Gasteiger partial charge in [-0.25, -0.2) is 0 Å². The van der Waals surface area contributed by atoms with Crippen LogP contribution in [0.1, 0.15) is 21.6 Å². The Kier molecular flexibility index (Phi) is 6.56. The van der Waals surface area contributed by atoms with Gasteiger partial charge in [0.15, 0.2) is 0 Å². The summed E-state index contributed by atoms with van der Waals surface area (Å²) in [6.07, 6.45) is 4.23. The van der Waals surface area contributed by atoms with Gasteiger partial charge < -0.3 is 4.90 Å². The number of thiophene rings is 1. The van der Waals surface area contributed by atoms with Crippen molar-refractivity contribution in [3.63, 3.8) is 0 Å². The van der Waals surface area contributed by atoms with Crippen molar-refractivity contribution in [1.29, 1.82) is 5.26 Å². The SMILES string of the molecule is N#Cc1ccc(/C=C/C(=O)N(CCc2ccccc2)Cc2cccs2)cc1. The fraction of sp³-hybridized carbons (Fsp3) is 0.130. The van der Waals surface area contributed by atoms with E-state index < -0.39 is 0 Å². The summed E-state index contributed by atoms with van der Waals surface area (Å²) in [6.45, 7) is 1.28. The third-order valence-corrected chi connectivity index (χ3v) is 5.07. The smallest absolute Gasteiger partial charge is 0.246 e. The molecule has 134 valence electrons. The maximum Gasteiger partial charge on any atom is 0.246 e. The van der Waals surface area contributed by atoms with E-state index in [1.54, 1.807) is 35.6 Å². The second-order valence-corrected chi connectivity index (χ2v) is 7.17. The molecule has 0 saturated carbocycles. The van der Waals surface area contributed by atoms with E-state index in [0.29, 0.717) is 18.7 Å². The minimum absolute atomic E-state index is 0.0105. The van der Waals surface area contributed by atoms with Crippen LogP contribution >= 0.6 is 11.3 Å². The molecular weight excluding hydrogens is 352 g/mol. The number of nitrogens with zero attached hydrogens (tertiary/aromatic N) is 2. The topological polar surface area (TPSA) is 44.1 Å². The molecule has 0 N–H and O–H groups in total. The molecule has 3 nitrogen and oxygen atoms in total. The highest BCUT2D eigenvalue weighted by Gasteiger charge is 2.12. The lowest BCUT2D eigenvalue weighted by atomic mass is 10.1. The highest BCUT2D eigenvalue weighted by Crippen LogP contribution is 2.14. The van der Waals surface area contributed by atoms with Crippen LogP contribution in [0.3, 0.4) is 0 Å². The normalized spacial score (nSPS) is 10.6. The van der Waals surface area contributed by atoms with Gasteiger partial charge in [-0.3, -0.25) is 4.79 Å². The van der Waals surface area contributed by atoms with Crippen LogP contribution in [0, 0.1) is 11.3 Å². The van der Waals surface area contributed by atoms with E-state index in [9.17, 15) is 4.79 Å². The van der Waals surface area contributed by atoms with E-state index in [-0.39, 0.29) is 5.91 Å². The number of hydrogen-bond donors (Lipinski definition) is 0. The number of nitriles is 1. The molecule has 4 heteroatoms. The van der Waals surface area contributed by atoms with E-state index in [4.69, 9.17) is 5.26 Å². The lowest BCUT2D eigenvalue weighted by Crippen LogP contribution is -2.30. The van der Waals surface area contributed by atoms with Crippen molar-refractivity contribution in [3.05, 3.63) is 99.8 Å². The van der Waals surface area contributed by atoms with Crippen molar-refractivity contribution in [1.82, 2.24) is 4.90 Å². The summed E-state index contributed by atoms with van der Waals surface area (Å²) in [5.74, 6) is -0.0105. The average Bonchev–Trinajstić information content (AvgIpc) is 3.23. The summed E-state index contributed by atoms with van der Waals surface area (Å²) >= 11 is 1.66. The molecule has 0 radical (unpaired) electrons. The van der Waals surface area contributed by atoms with Crippen LogP contribution < -0.4 is 0 Å². The zero-order valence-electron chi connectivity index (χ0n) is 14.9.